The number of alkyl halides is 1. The van der Waals surface area contributed by atoms with Crippen LogP contribution in [0.2, 0.25) is 0 Å². The molecule has 1 heterocycles. The number of aryl methyl sites for hydroxylation is 1. The van der Waals surface area contributed by atoms with Gasteiger partial charge in [0.25, 0.3) is 5.69 Å². The van der Waals surface area contributed by atoms with E-state index in [4.69, 9.17) is 4.42 Å². The molecule has 0 amide bonds. The van der Waals surface area contributed by atoms with Crippen molar-refractivity contribution in [1.29, 1.82) is 0 Å². The molecule has 0 saturated carbocycles. The molecule has 19 heavy (non-hydrogen) atoms. The smallest absolute Gasteiger partial charge is 0.269 e. The molecule has 1 aromatic carbocycles. The van der Waals surface area contributed by atoms with E-state index in [-0.39, 0.29) is 22.6 Å². The standard InChI is InChI=1S/C13H10BrNO4/c1-8-6-9(15(17)18)2-3-10(8)12-4-5-13(19-12)11(16)7-14/h2-6H,7H2,1H3. The number of hydrogen-bond donors (Lipinski definition) is 0. The van der Waals surface area contributed by atoms with Gasteiger partial charge in [-0.1, -0.05) is 15.9 Å². The Morgan fingerprint density at radius 1 is 1.37 bits per heavy atom. The summed E-state index contributed by atoms with van der Waals surface area (Å²) in [4.78, 5) is 21.7. The highest BCUT2D eigenvalue weighted by Gasteiger charge is 2.14. The molecular weight excluding hydrogens is 314 g/mol. The number of halogens is 1. The second-order valence-corrected chi connectivity index (χ2v) is 4.54. The van der Waals surface area contributed by atoms with Crippen molar-refractivity contribution in [2.45, 2.75) is 6.92 Å². The second kappa shape index (κ2) is 5.36. The van der Waals surface area contributed by atoms with Gasteiger partial charge >= 0.3 is 0 Å². The molecule has 2 aromatic rings. The maximum atomic E-state index is 11.5. The fourth-order valence-electron chi connectivity index (χ4n) is 1.74. The number of non-ortho nitro benzene ring substituents is 1. The Morgan fingerprint density at radius 2 is 2.11 bits per heavy atom. The highest BCUT2D eigenvalue weighted by atomic mass is 79.9. The Kier molecular flexibility index (Phi) is 3.80. The van der Waals surface area contributed by atoms with Gasteiger partial charge < -0.3 is 4.42 Å². The molecule has 5 nitrogen and oxygen atoms in total. The maximum Gasteiger partial charge on any atom is 0.269 e. The van der Waals surface area contributed by atoms with Gasteiger partial charge in [0.1, 0.15) is 5.76 Å². The molecule has 0 bridgehead atoms. The van der Waals surface area contributed by atoms with Crippen molar-refractivity contribution in [2.24, 2.45) is 0 Å². The molecule has 0 N–H and O–H groups in total. The van der Waals surface area contributed by atoms with Gasteiger partial charge in [-0.2, -0.15) is 0 Å². The van der Waals surface area contributed by atoms with Crippen LogP contribution < -0.4 is 0 Å². The number of carbonyl (C=O) groups is 1. The van der Waals surface area contributed by atoms with E-state index in [0.29, 0.717) is 5.76 Å². The number of nitro groups is 1. The summed E-state index contributed by atoms with van der Waals surface area (Å²) < 4.78 is 5.45. The monoisotopic (exact) mass is 323 g/mol. The third-order valence-corrected chi connectivity index (χ3v) is 3.20. The summed E-state index contributed by atoms with van der Waals surface area (Å²) >= 11 is 3.07. The van der Waals surface area contributed by atoms with Crippen molar-refractivity contribution in [3.05, 3.63) is 51.8 Å². The molecule has 98 valence electrons. The molecule has 2 rings (SSSR count). The third-order valence-electron chi connectivity index (χ3n) is 2.69. The van der Waals surface area contributed by atoms with Gasteiger partial charge in [-0.05, 0) is 30.7 Å². The van der Waals surface area contributed by atoms with Crippen molar-refractivity contribution in [3.63, 3.8) is 0 Å². The molecule has 0 aliphatic heterocycles. The summed E-state index contributed by atoms with van der Waals surface area (Å²) in [5, 5.41) is 10.9. The summed E-state index contributed by atoms with van der Waals surface area (Å²) in [6.45, 7) is 1.76. The van der Waals surface area contributed by atoms with Gasteiger partial charge in [-0.25, -0.2) is 0 Å². The summed E-state index contributed by atoms with van der Waals surface area (Å²) in [5.74, 6) is 0.646. The molecule has 0 aliphatic rings. The zero-order valence-electron chi connectivity index (χ0n) is 10.1. The topological polar surface area (TPSA) is 73.3 Å². The average Bonchev–Trinajstić information content (AvgIpc) is 2.87. The Balaban J connectivity index is 2.39. The molecule has 0 aliphatic carbocycles. The Labute approximate surface area is 117 Å². The number of rotatable bonds is 4. The molecule has 0 unspecified atom stereocenters. The van der Waals surface area contributed by atoms with Gasteiger partial charge in [-0.3, -0.25) is 14.9 Å². The normalized spacial score (nSPS) is 10.4. The molecule has 1 aromatic heterocycles. The largest absolute Gasteiger partial charge is 0.453 e. The van der Waals surface area contributed by atoms with Crippen LogP contribution in [0.15, 0.2) is 34.7 Å². The molecule has 0 spiro atoms. The first-order chi connectivity index (χ1) is 9.02. The zero-order chi connectivity index (χ0) is 14.0. The van der Waals surface area contributed by atoms with Crippen LogP contribution in [0.3, 0.4) is 0 Å². The van der Waals surface area contributed by atoms with Crippen LogP contribution in [-0.2, 0) is 0 Å². The van der Waals surface area contributed by atoms with Crippen LogP contribution in [0.25, 0.3) is 11.3 Å². The van der Waals surface area contributed by atoms with E-state index >= 15 is 0 Å². The molecule has 0 saturated heterocycles. The number of furan rings is 1. The molecule has 6 heteroatoms. The number of hydrogen-bond acceptors (Lipinski definition) is 4. The first kappa shape index (κ1) is 13.5. The fourth-order valence-corrected chi connectivity index (χ4v) is 2.01. The average molecular weight is 324 g/mol. The first-order valence-corrected chi connectivity index (χ1v) is 6.59. The van der Waals surface area contributed by atoms with Crippen molar-refractivity contribution in [1.82, 2.24) is 0 Å². The minimum Gasteiger partial charge on any atom is -0.453 e. The predicted octanol–water partition coefficient (Wildman–Crippen LogP) is 3.74. The van der Waals surface area contributed by atoms with Gasteiger partial charge in [0.2, 0.25) is 5.78 Å². The summed E-state index contributed by atoms with van der Waals surface area (Å²) in [6, 6.07) is 7.79. The van der Waals surface area contributed by atoms with E-state index < -0.39 is 4.92 Å². The summed E-state index contributed by atoms with van der Waals surface area (Å²) in [7, 11) is 0. The van der Waals surface area contributed by atoms with Gasteiger partial charge in [0.05, 0.1) is 10.3 Å². The van der Waals surface area contributed by atoms with Crippen LogP contribution in [0.4, 0.5) is 5.69 Å². The van der Waals surface area contributed by atoms with Gasteiger partial charge in [-0.15, -0.1) is 0 Å². The van der Waals surface area contributed by atoms with E-state index in [9.17, 15) is 14.9 Å². The van der Waals surface area contributed by atoms with E-state index in [0.717, 1.165) is 11.1 Å². The zero-order valence-corrected chi connectivity index (χ0v) is 11.6. The quantitative estimate of drug-likeness (QED) is 0.372. The number of benzene rings is 1. The highest BCUT2D eigenvalue weighted by Crippen LogP contribution is 2.28. The van der Waals surface area contributed by atoms with Crippen LogP contribution in [0, 0.1) is 17.0 Å². The first-order valence-electron chi connectivity index (χ1n) is 5.47. The fraction of sp³-hybridized carbons (Fsp3) is 0.154. The van der Waals surface area contributed by atoms with Crippen molar-refractivity contribution >= 4 is 27.4 Å². The molecule has 0 fully saturated rings. The molecule has 0 atom stereocenters. The molecular formula is C13H10BrNO4. The lowest BCUT2D eigenvalue weighted by Gasteiger charge is -2.02. The minimum atomic E-state index is -0.446. The lowest BCUT2D eigenvalue weighted by Crippen LogP contribution is -1.96. The number of ketones is 1. The van der Waals surface area contributed by atoms with Crippen LogP contribution in [0.1, 0.15) is 16.1 Å². The summed E-state index contributed by atoms with van der Waals surface area (Å²) in [6.07, 6.45) is 0. The van der Waals surface area contributed by atoms with Gasteiger partial charge in [0, 0.05) is 17.7 Å². The maximum absolute atomic E-state index is 11.5. The lowest BCUT2D eigenvalue weighted by molar-refractivity contribution is -0.384. The number of carbonyl (C=O) groups excluding carboxylic acids is 1. The lowest BCUT2D eigenvalue weighted by atomic mass is 10.1. The number of nitrogens with zero attached hydrogens (tertiary/aromatic N) is 1. The Hall–Kier alpha value is -1.95. The summed E-state index contributed by atoms with van der Waals surface area (Å²) in [5.41, 5.74) is 1.49. The highest BCUT2D eigenvalue weighted by molar-refractivity contribution is 9.09. The van der Waals surface area contributed by atoms with Crippen LogP contribution in [-0.4, -0.2) is 16.0 Å². The second-order valence-electron chi connectivity index (χ2n) is 3.98. The number of Topliss-reactive ketones (excluding diaryl/α,β-unsaturated/α-hetero) is 1. The third kappa shape index (κ3) is 2.73. The number of nitro benzene ring substituents is 1. The minimum absolute atomic E-state index is 0.0320. The SMILES string of the molecule is Cc1cc([N+](=O)[O-])ccc1-c1ccc(C(=O)CBr)o1. The molecule has 0 radical (unpaired) electrons. The van der Waals surface area contributed by atoms with E-state index in [1.807, 2.05) is 0 Å². The van der Waals surface area contributed by atoms with E-state index in [2.05, 4.69) is 15.9 Å². The van der Waals surface area contributed by atoms with Crippen molar-refractivity contribution in [2.75, 3.05) is 5.33 Å². The predicted molar refractivity (Wildman–Crippen MR) is 73.7 cm³/mol. The van der Waals surface area contributed by atoms with E-state index in [1.54, 1.807) is 25.1 Å². The van der Waals surface area contributed by atoms with Gasteiger partial charge in [0.15, 0.2) is 5.76 Å². The Morgan fingerprint density at radius 3 is 2.68 bits per heavy atom. The van der Waals surface area contributed by atoms with Crippen molar-refractivity contribution in [3.8, 4) is 11.3 Å². The van der Waals surface area contributed by atoms with Crippen LogP contribution >= 0.6 is 15.9 Å². The van der Waals surface area contributed by atoms with E-state index in [1.165, 1.54) is 12.1 Å². The Bertz CT molecular complexity index is 648. The van der Waals surface area contributed by atoms with Crippen molar-refractivity contribution < 1.29 is 14.1 Å². The van der Waals surface area contributed by atoms with Crippen LogP contribution in [0.5, 0.6) is 0 Å².